The molecule has 1 aromatic carbocycles. The molecule has 2 N–H and O–H groups in total. The molecule has 2 fully saturated rings. The van der Waals surface area contributed by atoms with Crippen molar-refractivity contribution >= 4 is 27.4 Å². The molecule has 0 spiro atoms. The number of carbonyl (C=O) groups excluding carboxylic acids is 2. The van der Waals surface area contributed by atoms with E-state index in [0.717, 1.165) is 12.5 Å². The standard InChI is InChI=1S/C18H23FN2O4S/c1-17(2)12-6-7-18(17,15(22)8-12)11-26(24,25)20-10-16(23)21-14-5-3-4-13(19)9-14/h3-5,9,12,20H,6-8,10-11H2,1-2H3,(H,21,23). The maximum atomic E-state index is 13.1. The SMILES string of the molecule is CC1(C)C2CCC1(CS(=O)(=O)NCC(=O)Nc1cccc(F)c1)C(=O)C2. The molecular formula is C18H23FN2O4S. The molecule has 26 heavy (non-hydrogen) atoms. The lowest BCUT2D eigenvalue weighted by Gasteiger charge is -2.36. The fourth-order valence-electron chi connectivity index (χ4n) is 4.43. The maximum Gasteiger partial charge on any atom is 0.239 e. The zero-order valence-electron chi connectivity index (χ0n) is 14.8. The number of benzene rings is 1. The average molecular weight is 382 g/mol. The Labute approximate surface area is 152 Å². The maximum absolute atomic E-state index is 13.1. The predicted molar refractivity (Wildman–Crippen MR) is 95.4 cm³/mol. The van der Waals surface area contributed by atoms with Crippen molar-refractivity contribution in [1.29, 1.82) is 0 Å². The highest BCUT2D eigenvalue weighted by Crippen LogP contribution is 2.64. The topological polar surface area (TPSA) is 92.3 Å². The molecule has 142 valence electrons. The van der Waals surface area contributed by atoms with E-state index in [9.17, 15) is 22.4 Å². The minimum Gasteiger partial charge on any atom is -0.325 e. The van der Waals surface area contributed by atoms with E-state index in [1.54, 1.807) is 0 Å². The van der Waals surface area contributed by atoms with Crippen LogP contribution in [0.2, 0.25) is 0 Å². The fourth-order valence-corrected chi connectivity index (χ4v) is 6.21. The van der Waals surface area contributed by atoms with Crippen molar-refractivity contribution in [3.05, 3.63) is 30.1 Å². The van der Waals surface area contributed by atoms with E-state index in [0.29, 0.717) is 12.8 Å². The number of halogens is 1. The number of anilines is 1. The summed E-state index contributed by atoms with van der Waals surface area (Å²) >= 11 is 0. The van der Waals surface area contributed by atoms with Gasteiger partial charge in [0.1, 0.15) is 11.6 Å². The van der Waals surface area contributed by atoms with Crippen LogP contribution in [-0.2, 0) is 19.6 Å². The number of nitrogens with one attached hydrogen (secondary N) is 2. The van der Waals surface area contributed by atoms with Crippen LogP contribution in [-0.4, -0.2) is 32.4 Å². The first-order chi connectivity index (χ1) is 12.1. The van der Waals surface area contributed by atoms with Crippen molar-refractivity contribution in [2.24, 2.45) is 16.7 Å². The summed E-state index contributed by atoms with van der Waals surface area (Å²) in [6.45, 7) is 3.45. The summed E-state index contributed by atoms with van der Waals surface area (Å²) in [5.74, 6) is -1.16. The van der Waals surface area contributed by atoms with Gasteiger partial charge >= 0.3 is 0 Å². The highest BCUT2D eigenvalue weighted by molar-refractivity contribution is 7.89. The van der Waals surface area contributed by atoms with E-state index < -0.39 is 33.7 Å². The zero-order chi connectivity index (χ0) is 19.2. The Bertz CT molecular complexity index is 853. The fraction of sp³-hybridized carbons (Fsp3) is 0.556. The molecule has 2 aliphatic rings. The molecule has 0 saturated heterocycles. The molecule has 0 aliphatic heterocycles. The molecule has 1 amide bonds. The van der Waals surface area contributed by atoms with E-state index in [1.165, 1.54) is 18.2 Å². The van der Waals surface area contributed by atoms with Gasteiger partial charge in [0, 0.05) is 17.5 Å². The van der Waals surface area contributed by atoms with Crippen molar-refractivity contribution in [3.63, 3.8) is 0 Å². The molecule has 3 rings (SSSR count). The van der Waals surface area contributed by atoms with E-state index in [1.807, 2.05) is 13.8 Å². The number of carbonyl (C=O) groups is 2. The predicted octanol–water partition coefficient (Wildman–Crippen LogP) is 2.08. The zero-order valence-corrected chi connectivity index (χ0v) is 15.7. The van der Waals surface area contributed by atoms with Gasteiger partial charge in [0.2, 0.25) is 15.9 Å². The molecule has 2 atom stereocenters. The molecule has 6 nitrogen and oxygen atoms in total. The van der Waals surface area contributed by atoms with E-state index >= 15 is 0 Å². The van der Waals surface area contributed by atoms with E-state index in [2.05, 4.69) is 10.0 Å². The van der Waals surface area contributed by atoms with Gasteiger partial charge in [0.25, 0.3) is 0 Å². The number of sulfonamides is 1. The highest BCUT2D eigenvalue weighted by Gasteiger charge is 2.65. The summed E-state index contributed by atoms with van der Waals surface area (Å²) < 4.78 is 40.4. The van der Waals surface area contributed by atoms with Gasteiger partial charge in [-0.05, 0) is 42.4 Å². The first-order valence-electron chi connectivity index (χ1n) is 8.62. The van der Waals surface area contributed by atoms with Gasteiger partial charge in [0.05, 0.1) is 12.3 Å². The summed E-state index contributed by atoms with van der Waals surface area (Å²) in [5, 5.41) is 2.43. The van der Waals surface area contributed by atoms with Gasteiger partial charge in [-0.2, -0.15) is 0 Å². The lowest BCUT2D eigenvalue weighted by Crippen LogP contribution is -2.46. The number of amides is 1. The van der Waals surface area contributed by atoms with Crippen molar-refractivity contribution in [1.82, 2.24) is 4.72 Å². The van der Waals surface area contributed by atoms with Crippen molar-refractivity contribution < 1.29 is 22.4 Å². The van der Waals surface area contributed by atoms with Crippen LogP contribution in [0.15, 0.2) is 24.3 Å². The number of hydrogen-bond donors (Lipinski definition) is 2. The monoisotopic (exact) mass is 382 g/mol. The largest absolute Gasteiger partial charge is 0.325 e. The second kappa shape index (κ2) is 6.42. The lowest BCUT2D eigenvalue weighted by molar-refractivity contribution is -0.128. The summed E-state index contributed by atoms with van der Waals surface area (Å²) in [7, 11) is -3.81. The molecular weight excluding hydrogens is 359 g/mol. The second-order valence-corrected chi connectivity index (χ2v) is 9.61. The van der Waals surface area contributed by atoms with Crippen molar-refractivity contribution in [2.75, 3.05) is 17.6 Å². The Morgan fingerprint density at radius 3 is 2.65 bits per heavy atom. The second-order valence-electron chi connectivity index (χ2n) is 7.81. The van der Waals surface area contributed by atoms with Gasteiger partial charge in [-0.25, -0.2) is 17.5 Å². The molecule has 0 heterocycles. The van der Waals surface area contributed by atoms with E-state index in [-0.39, 0.29) is 28.6 Å². The Morgan fingerprint density at radius 2 is 2.08 bits per heavy atom. The van der Waals surface area contributed by atoms with Crippen LogP contribution >= 0.6 is 0 Å². The molecule has 1 aromatic rings. The van der Waals surface area contributed by atoms with Crippen LogP contribution < -0.4 is 10.0 Å². The van der Waals surface area contributed by atoms with Gasteiger partial charge < -0.3 is 5.32 Å². The molecule has 2 bridgehead atoms. The number of hydrogen-bond acceptors (Lipinski definition) is 4. The Kier molecular flexibility index (Phi) is 4.69. The molecule has 2 unspecified atom stereocenters. The normalized spacial score (nSPS) is 26.9. The molecule has 0 radical (unpaired) electrons. The quantitative estimate of drug-likeness (QED) is 0.788. The van der Waals surface area contributed by atoms with Crippen LogP contribution in [0.3, 0.4) is 0 Å². The Balaban J connectivity index is 1.63. The molecule has 2 aliphatic carbocycles. The summed E-state index contributed by atoms with van der Waals surface area (Å²) in [4.78, 5) is 24.4. The average Bonchev–Trinajstić information content (AvgIpc) is 2.87. The summed E-state index contributed by atoms with van der Waals surface area (Å²) in [6.07, 6.45) is 1.86. The lowest BCUT2D eigenvalue weighted by atomic mass is 9.70. The number of rotatable bonds is 6. The van der Waals surface area contributed by atoms with Gasteiger partial charge in [-0.1, -0.05) is 19.9 Å². The molecule has 2 saturated carbocycles. The summed E-state index contributed by atoms with van der Waals surface area (Å²) in [5.41, 5.74) is -0.982. The number of fused-ring (bicyclic) bond motifs is 2. The summed E-state index contributed by atoms with van der Waals surface area (Å²) in [6, 6.07) is 5.34. The Hall–Kier alpha value is -1.80. The Morgan fingerprint density at radius 1 is 1.35 bits per heavy atom. The van der Waals surface area contributed by atoms with Crippen LogP contribution in [0, 0.1) is 22.6 Å². The first kappa shape index (κ1) is 19.0. The minimum atomic E-state index is -3.81. The van der Waals surface area contributed by atoms with Gasteiger partial charge in [0.15, 0.2) is 0 Å². The van der Waals surface area contributed by atoms with Crippen molar-refractivity contribution in [2.45, 2.75) is 33.1 Å². The van der Waals surface area contributed by atoms with Crippen molar-refractivity contribution in [3.8, 4) is 0 Å². The number of Topliss-reactive ketones (excluding diaryl/α,β-unsaturated/α-hetero) is 1. The third-order valence-electron chi connectivity index (χ3n) is 6.14. The van der Waals surface area contributed by atoms with Gasteiger partial charge in [-0.15, -0.1) is 0 Å². The van der Waals surface area contributed by atoms with Crippen LogP contribution in [0.25, 0.3) is 0 Å². The van der Waals surface area contributed by atoms with Crippen LogP contribution in [0.1, 0.15) is 33.1 Å². The van der Waals surface area contributed by atoms with Crippen LogP contribution in [0.4, 0.5) is 10.1 Å². The van der Waals surface area contributed by atoms with Gasteiger partial charge in [-0.3, -0.25) is 9.59 Å². The highest BCUT2D eigenvalue weighted by atomic mass is 32.2. The first-order valence-corrected chi connectivity index (χ1v) is 10.3. The number of ketones is 1. The minimum absolute atomic E-state index is 0.00772. The third-order valence-corrected chi connectivity index (χ3v) is 7.59. The molecule has 0 aromatic heterocycles. The molecule has 8 heteroatoms. The smallest absolute Gasteiger partial charge is 0.239 e. The van der Waals surface area contributed by atoms with E-state index in [4.69, 9.17) is 0 Å². The van der Waals surface area contributed by atoms with Crippen LogP contribution in [0.5, 0.6) is 0 Å². The third kappa shape index (κ3) is 3.27.